The van der Waals surface area contributed by atoms with Gasteiger partial charge in [0.1, 0.15) is 0 Å². The fraction of sp³-hybridized carbons (Fsp3) is 0.611. The lowest BCUT2D eigenvalue weighted by Gasteiger charge is -2.26. The highest BCUT2D eigenvalue weighted by atomic mass is 16.1. The number of carbonyl (C=O) groups excluding carboxylic acids is 1. The van der Waals surface area contributed by atoms with E-state index in [-0.39, 0.29) is 17.4 Å². The molecule has 2 atom stereocenters. The van der Waals surface area contributed by atoms with Gasteiger partial charge in [-0.2, -0.15) is 0 Å². The number of hydrogen-bond donors (Lipinski definition) is 2. The van der Waals surface area contributed by atoms with Crippen LogP contribution in [0.2, 0.25) is 0 Å². The van der Waals surface area contributed by atoms with E-state index in [1.807, 2.05) is 6.07 Å². The molecule has 3 N–H and O–H groups in total. The fourth-order valence-corrected chi connectivity index (χ4v) is 3.18. The molecule has 1 aliphatic carbocycles. The van der Waals surface area contributed by atoms with E-state index in [4.69, 9.17) is 5.73 Å². The summed E-state index contributed by atoms with van der Waals surface area (Å²) in [7, 11) is 0. The van der Waals surface area contributed by atoms with Crippen LogP contribution >= 0.6 is 0 Å². The minimum atomic E-state index is 0.0643. The predicted molar refractivity (Wildman–Crippen MR) is 86.9 cm³/mol. The van der Waals surface area contributed by atoms with Crippen LogP contribution in [0.3, 0.4) is 0 Å². The van der Waals surface area contributed by atoms with Gasteiger partial charge in [-0.05, 0) is 36.2 Å². The Morgan fingerprint density at radius 1 is 1.29 bits per heavy atom. The number of rotatable bonds is 6. The first-order valence-electron chi connectivity index (χ1n) is 8.02. The first-order chi connectivity index (χ1) is 9.96. The molecule has 21 heavy (non-hydrogen) atoms. The van der Waals surface area contributed by atoms with E-state index in [0.29, 0.717) is 18.9 Å². The Hall–Kier alpha value is -1.35. The van der Waals surface area contributed by atoms with E-state index in [1.165, 1.54) is 12.0 Å². The Morgan fingerprint density at radius 3 is 2.62 bits per heavy atom. The van der Waals surface area contributed by atoms with Gasteiger partial charge in [0.15, 0.2) is 0 Å². The summed E-state index contributed by atoms with van der Waals surface area (Å²) in [4.78, 5) is 12.1. The summed E-state index contributed by atoms with van der Waals surface area (Å²) < 4.78 is 0. The van der Waals surface area contributed by atoms with Crippen LogP contribution in [0.1, 0.15) is 45.1 Å². The van der Waals surface area contributed by atoms with E-state index in [9.17, 15) is 4.79 Å². The van der Waals surface area contributed by atoms with Crippen LogP contribution in [0.15, 0.2) is 30.3 Å². The number of hydrogen-bond acceptors (Lipinski definition) is 2. The Balaban J connectivity index is 1.77. The average Bonchev–Trinajstić information content (AvgIpc) is 2.83. The minimum Gasteiger partial charge on any atom is -0.356 e. The zero-order valence-electron chi connectivity index (χ0n) is 13.3. The molecule has 0 saturated heterocycles. The van der Waals surface area contributed by atoms with E-state index < -0.39 is 0 Å². The maximum Gasteiger partial charge on any atom is 0.220 e. The molecule has 1 saturated carbocycles. The summed E-state index contributed by atoms with van der Waals surface area (Å²) in [6, 6.07) is 10.6. The summed E-state index contributed by atoms with van der Waals surface area (Å²) >= 11 is 0. The molecule has 0 heterocycles. The van der Waals surface area contributed by atoms with Crippen LogP contribution in [0, 0.1) is 11.3 Å². The largest absolute Gasteiger partial charge is 0.356 e. The van der Waals surface area contributed by atoms with Gasteiger partial charge in [0.05, 0.1) is 0 Å². The standard InChI is InChI=1S/C18H28N2O/c1-18(2,12-14-7-4-3-5-8-14)13-20-17(21)11-15-9-6-10-16(15)19/h3-5,7-8,15-16H,6,9-13,19H2,1-2H3,(H,20,21)/t15-,16+/m0/s1. The van der Waals surface area contributed by atoms with Gasteiger partial charge in [-0.3, -0.25) is 4.79 Å². The molecule has 2 rings (SSSR count). The summed E-state index contributed by atoms with van der Waals surface area (Å²) in [6.45, 7) is 5.10. The van der Waals surface area contributed by atoms with Crippen molar-refractivity contribution < 1.29 is 4.79 Å². The number of nitrogens with one attached hydrogen (secondary N) is 1. The Kier molecular flexibility index (Phi) is 5.40. The van der Waals surface area contributed by atoms with Gasteiger partial charge in [-0.25, -0.2) is 0 Å². The van der Waals surface area contributed by atoms with Gasteiger partial charge in [-0.1, -0.05) is 50.6 Å². The normalized spacial score (nSPS) is 22.2. The third kappa shape index (κ3) is 5.16. The first-order valence-corrected chi connectivity index (χ1v) is 8.02. The zero-order chi connectivity index (χ0) is 15.3. The third-order valence-electron chi connectivity index (χ3n) is 4.46. The molecule has 1 fully saturated rings. The maximum absolute atomic E-state index is 12.1. The maximum atomic E-state index is 12.1. The minimum absolute atomic E-state index is 0.0643. The molecule has 116 valence electrons. The second-order valence-electron chi connectivity index (χ2n) is 7.16. The Labute approximate surface area is 128 Å². The lowest BCUT2D eigenvalue weighted by Crippen LogP contribution is -2.37. The van der Waals surface area contributed by atoms with Gasteiger partial charge in [0.2, 0.25) is 5.91 Å². The molecule has 1 aliphatic rings. The number of carbonyl (C=O) groups is 1. The van der Waals surface area contributed by atoms with Crippen LogP contribution < -0.4 is 11.1 Å². The molecular weight excluding hydrogens is 260 g/mol. The van der Waals surface area contributed by atoms with Crippen molar-refractivity contribution in [2.75, 3.05) is 6.54 Å². The molecule has 0 unspecified atom stereocenters. The van der Waals surface area contributed by atoms with Crippen LogP contribution in [-0.4, -0.2) is 18.5 Å². The van der Waals surface area contributed by atoms with Crippen molar-refractivity contribution in [3.63, 3.8) is 0 Å². The molecule has 0 radical (unpaired) electrons. The van der Waals surface area contributed by atoms with Gasteiger partial charge < -0.3 is 11.1 Å². The topological polar surface area (TPSA) is 55.1 Å². The van der Waals surface area contributed by atoms with Gasteiger partial charge in [-0.15, -0.1) is 0 Å². The number of amides is 1. The van der Waals surface area contributed by atoms with Crippen molar-refractivity contribution in [1.29, 1.82) is 0 Å². The summed E-state index contributed by atoms with van der Waals surface area (Å²) in [6.07, 6.45) is 4.89. The van der Waals surface area contributed by atoms with Crippen molar-refractivity contribution in [1.82, 2.24) is 5.32 Å². The lowest BCUT2D eigenvalue weighted by atomic mass is 9.85. The smallest absolute Gasteiger partial charge is 0.220 e. The molecule has 3 heteroatoms. The molecular formula is C18H28N2O. The van der Waals surface area contributed by atoms with Crippen LogP contribution in [0.4, 0.5) is 0 Å². The second kappa shape index (κ2) is 7.08. The monoisotopic (exact) mass is 288 g/mol. The van der Waals surface area contributed by atoms with Crippen molar-refractivity contribution >= 4 is 5.91 Å². The molecule has 3 nitrogen and oxygen atoms in total. The number of benzene rings is 1. The summed E-state index contributed by atoms with van der Waals surface area (Å²) in [5.41, 5.74) is 7.41. The predicted octanol–water partition coefficient (Wildman–Crippen LogP) is 2.89. The van der Waals surface area contributed by atoms with Crippen molar-refractivity contribution in [3.05, 3.63) is 35.9 Å². The molecule has 1 aromatic carbocycles. The molecule has 1 amide bonds. The Bertz CT molecular complexity index is 456. The Morgan fingerprint density at radius 2 is 2.00 bits per heavy atom. The molecule has 1 aromatic rings. The first kappa shape index (κ1) is 16.0. The second-order valence-corrected chi connectivity index (χ2v) is 7.16. The molecule has 0 spiro atoms. The van der Waals surface area contributed by atoms with Crippen molar-refractivity contribution in [2.24, 2.45) is 17.1 Å². The van der Waals surface area contributed by atoms with Gasteiger partial charge in [0, 0.05) is 19.0 Å². The SMILES string of the molecule is CC(C)(CNC(=O)C[C@@H]1CCC[C@H]1N)Cc1ccccc1. The molecule has 0 aromatic heterocycles. The van der Waals surface area contributed by atoms with Crippen LogP contribution in [-0.2, 0) is 11.2 Å². The lowest BCUT2D eigenvalue weighted by molar-refractivity contribution is -0.122. The van der Waals surface area contributed by atoms with Crippen LogP contribution in [0.5, 0.6) is 0 Å². The highest BCUT2D eigenvalue weighted by Crippen LogP contribution is 2.27. The van der Waals surface area contributed by atoms with E-state index in [1.54, 1.807) is 0 Å². The number of nitrogens with two attached hydrogens (primary N) is 1. The van der Waals surface area contributed by atoms with Gasteiger partial charge in [0.25, 0.3) is 0 Å². The fourth-order valence-electron chi connectivity index (χ4n) is 3.18. The van der Waals surface area contributed by atoms with Crippen molar-refractivity contribution in [3.8, 4) is 0 Å². The van der Waals surface area contributed by atoms with Crippen LogP contribution in [0.25, 0.3) is 0 Å². The molecule has 0 bridgehead atoms. The van der Waals surface area contributed by atoms with Gasteiger partial charge >= 0.3 is 0 Å². The zero-order valence-corrected chi connectivity index (χ0v) is 13.3. The van der Waals surface area contributed by atoms with E-state index in [2.05, 4.69) is 43.4 Å². The van der Waals surface area contributed by atoms with Crippen molar-refractivity contribution in [2.45, 2.75) is 52.0 Å². The molecule has 0 aliphatic heterocycles. The average molecular weight is 288 g/mol. The van der Waals surface area contributed by atoms with E-state index >= 15 is 0 Å². The highest BCUT2D eigenvalue weighted by Gasteiger charge is 2.27. The summed E-state index contributed by atoms with van der Waals surface area (Å²) in [5.74, 6) is 0.528. The summed E-state index contributed by atoms with van der Waals surface area (Å²) in [5, 5.41) is 3.10. The quantitative estimate of drug-likeness (QED) is 0.845. The third-order valence-corrected chi connectivity index (χ3v) is 4.46. The van der Waals surface area contributed by atoms with E-state index in [0.717, 1.165) is 19.3 Å². The highest BCUT2D eigenvalue weighted by molar-refractivity contribution is 5.76.